The summed E-state index contributed by atoms with van der Waals surface area (Å²) in [5.74, 6) is 1.59. The number of rotatable bonds is 8. The number of hydrogen-bond donors (Lipinski definition) is 2. The summed E-state index contributed by atoms with van der Waals surface area (Å²) in [5, 5.41) is 25.5. The Morgan fingerprint density at radius 3 is 2.53 bits per heavy atom. The Morgan fingerprint density at radius 1 is 1.00 bits per heavy atom. The molecule has 1 saturated heterocycles. The van der Waals surface area contributed by atoms with E-state index in [2.05, 4.69) is 71.0 Å². The summed E-state index contributed by atoms with van der Waals surface area (Å²) in [4.78, 5) is 32.2. The quantitative estimate of drug-likeness (QED) is 0.205. The minimum atomic E-state index is -1.17. The normalized spacial score (nSPS) is 43.2. The highest BCUT2D eigenvalue weighted by atomic mass is 32.1. The summed E-state index contributed by atoms with van der Waals surface area (Å²) in [5.41, 5.74) is -1.88. The van der Waals surface area contributed by atoms with E-state index >= 15 is 4.79 Å². The fraction of sp³-hybridized carbons (Fsp3) is 0.702. The average molecular weight is 770 g/mol. The van der Waals surface area contributed by atoms with Gasteiger partial charge in [-0.15, -0.1) is 11.3 Å². The van der Waals surface area contributed by atoms with E-state index in [0.29, 0.717) is 43.7 Å². The lowest BCUT2D eigenvalue weighted by molar-refractivity contribution is -0.176. The van der Waals surface area contributed by atoms with Crippen molar-refractivity contribution in [1.82, 2.24) is 4.90 Å². The number of ether oxygens (including phenoxy) is 2. The number of ketones is 1. The van der Waals surface area contributed by atoms with Gasteiger partial charge in [0.1, 0.15) is 6.10 Å². The van der Waals surface area contributed by atoms with E-state index in [1.165, 1.54) is 0 Å². The molecule has 4 saturated carbocycles. The van der Waals surface area contributed by atoms with Crippen LogP contribution in [0.4, 0.5) is 4.79 Å². The molecule has 1 aliphatic heterocycles. The molecule has 2 aromatic rings. The fourth-order valence-corrected chi connectivity index (χ4v) is 14.8. The van der Waals surface area contributed by atoms with Crippen molar-refractivity contribution < 1.29 is 29.3 Å². The van der Waals surface area contributed by atoms with Gasteiger partial charge < -0.3 is 24.6 Å². The number of carbonyl (C=O) groups is 2. The predicted octanol–water partition coefficient (Wildman–Crippen LogP) is 9.75. The Labute approximate surface area is 331 Å². The third kappa shape index (κ3) is 5.72. The number of hydrogen-bond acceptors (Lipinski definition) is 7. The highest BCUT2D eigenvalue weighted by Gasteiger charge is 2.74. The van der Waals surface area contributed by atoms with Crippen molar-refractivity contribution in [2.75, 3.05) is 19.7 Å². The van der Waals surface area contributed by atoms with Crippen molar-refractivity contribution in [1.29, 1.82) is 0 Å². The molecule has 10 rings (SSSR count). The van der Waals surface area contributed by atoms with Gasteiger partial charge in [0, 0.05) is 33.1 Å². The van der Waals surface area contributed by atoms with E-state index in [1.54, 1.807) is 11.3 Å². The summed E-state index contributed by atoms with van der Waals surface area (Å²) in [6, 6.07) is 10.3. The van der Waals surface area contributed by atoms with Crippen LogP contribution in [-0.2, 0) is 9.47 Å². The Balaban J connectivity index is 1.08. The summed E-state index contributed by atoms with van der Waals surface area (Å²) in [6.07, 6.45) is 16.5. The standard InChI is InChI=1S/C47H63NO6S/c1-29(2)34-13-12-30(3)23-36(34)54-42(51)48(27-33-10-8-22-53-33)28-46(52)19-16-40-44(46,5)18-15-39-43(4)17-14-32(49)25-45(43)20-21-47(39,40)35(26-45)41(50)38-24-31-9-6-7-11-37(31)55-38/h6-7,9,11,20-21,24,26,29-30,32-34,36,39-40,49,52H,8,10,12-19,22-23,25,27-28H2,1-5H3/t30-,32?,33+,34+,36-,39+,40+,43+,44-,45-,46+,47+/m0/s1. The van der Waals surface area contributed by atoms with Crippen molar-refractivity contribution in [2.45, 2.75) is 136 Å². The number of benzene rings is 1. The molecule has 5 fully saturated rings. The van der Waals surface area contributed by atoms with E-state index < -0.39 is 22.5 Å². The highest BCUT2D eigenvalue weighted by Crippen LogP contribution is 2.78. The fourth-order valence-electron chi connectivity index (χ4n) is 13.8. The lowest BCUT2D eigenvalue weighted by Gasteiger charge is -2.71. The zero-order chi connectivity index (χ0) is 38.5. The van der Waals surface area contributed by atoms with Crippen molar-refractivity contribution >= 4 is 33.3 Å². The molecule has 1 amide bonds. The molecule has 2 bridgehead atoms. The molecule has 1 unspecified atom stereocenters. The smallest absolute Gasteiger partial charge is 0.410 e. The van der Waals surface area contributed by atoms with Crippen LogP contribution in [0.15, 0.2) is 54.1 Å². The molecule has 12 atom stereocenters. The molecular formula is C47H63NO6S. The second-order valence-electron chi connectivity index (χ2n) is 20.1. The van der Waals surface area contributed by atoms with Crippen LogP contribution < -0.4 is 0 Å². The Hall–Kier alpha value is -2.52. The molecular weight excluding hydrogens is 707 g/mol. The van der Waals surface area contributed by atoms with Gasteiger partial charge in [-0.25, -0.2) is 4.79 Å². The minimum Gasteiger partial charge on any atom is -0.446 e. The van der Waals surface area contributed by atoms with Gasteiger partial charge in [0.15, 0.2) is 5.78 Å². The molecule has 7 aliphatic carbocycles. The summed E-state index contributed by atoms with van der Waals surface area (Å²) >= 11 is 1.57. The largest absolute Gasteiger partial charge is 0.446 e. The first-order valence-corrected chi connectivity index (χ1v) is 22.5. The highest BCUT2D eigenvalue weighted by molar-refractivity contribution is 7.21. The summed E-state index contributed by atoms with van der Waals surface area (Å²) in [7, 11) is 0. The molecule has 2 spiro atoms. The van der Waals surface area contributed by atoms with Crippen LogP contribution >= 0.6 is 11.3 Å². The molecule has 298 valence electrons. The lowest BCUT2D eigenvalue weighted by Crippen LogP contribution is -2.67. The van der Waals surface area contributed by atoms with E-state index in [9.17, 15) is 15.0 Å². The van der Waals surface area contributed by atoms with Crippen molar-refractivity contribution in [3.63, 3.8) is 0 Å². The molecule has 8 heteroatoms. The number of carbonyl (C=O) groups excluding carboxylic acids is 2. The molecule has 8 aliphatic rings. The molecule has 0 radical (unpaired) electrons. The third-order valence-electron chi connectivity index (χ3n) is 17.0. The number of aliphatic hydroxyl groups is 2. The van der Waals surface area contributed by atoms with Gasteiger partial charge in [0.2, 0.25) is 0 Å². The van der Waals surface area contributed by atoms with Crippen LogP contribution in [-0.4, -0.2) is 70.6 Å². The zero-order valence-corrected chi connectivity index (χ0v) is 34.5. The van der Waals surface area contributed by atoms with Crippen molar-refractivity contribution in [3.05, 3.63) is 59.0 Å². The maximum absolute atomic E-state index is 15.2. The second-order valence-corrected chi connectivity index (χ2v) is 21.1. The Bertz CT molecular complexity index is 1860. The Morgan fingerprint density at radius 2 is 1.76 bits per heavy atom. The van der Waals surface area contributed by atoms with Crippen LogP contribution in [0.3, 0.4) is 0 Å². The van der Waals surface area contributed by atoms with Gasteiger partial charge in [-0.05, 0) is 123 Å². The van der Waals surface area contributed by atoms with E-state index in [4.69, 9.17) is 9.47 Å². The number of allylic oxidation sites excluding steroid dienone is 4. The van der Waals surface area contributed by atoms with Crippen LogP contribution in [0.2, 0.25) is 0 Å². The van der Waals surface area contributed by atoms with Crippen LogP contribution in [0, 0.1) is 51.2 Å². The van der Waals surface area contributed by atoms with Gasteiger partial charge in [0.05, 0.1) is 35.8 Å². The maximum atomic E-state index is 15.2. The van der Waals surface area contributed by atoms with E-state index in [-0.39, 0.29) is 53.3 Å². The summed E-state index contributed by atoms with van der Waals surface area (Å²) < 4.78 is 13.7. The van der Waals surface area contributed by atoms with Crippen molar-refractivity contribution in [2.24, 2.45) is 51.2 Å². The average Bonchev–Trinajstić information content (AvgIpc) is 3.89. The van der Waals surface area contributed by atoms with E-state index in [0.717, 1.165) is 84.7 Å². The van der Waals surface area contributed by atoms with Gasteiger partial charge in [-0.3, -0.25) is 4.79 Å². The van der Waals surface area contributed by atoms with Crippen LogP contribution in [0.1, 0.15) is 121 Å². The molecule has 2 N–H and O–H groups in total. The lowest BCUT2D eigenvalue weighted by atomic mass is 9.32. The summed E-state index contributed by atoms with van der Waals surface area (Å²) in [6.45, 7) is 12.8. The topological polar surface area (TPSA) is 96.3 Å². The third-order valence-corrected chi connectivity index (χ3v) is 18.1. The second kappa shape index (κ2) is 13.5. The number of Topliss-reactive ketones (excluding diaryl/α,β-unsaturated/α-hetero) is 1. The minimum absolute atomic E-state index is 0.0108. The van der Waals surface area contributed by atoms with Gasteiger partial charge in [0.25, 0.3) is 0 Å². The first kappa shape index (κ1) is 38.0. The maximum Gasteiger partial charge on any atom is 0.410 e. The first-order valence-electron chi connectivity index (χ1n) is 21.7. The molecule has 1 aromatic carbocycles. The van der Waals surface area contributed by atoms with E-state index in [1.807, 2.05) is 17.0 Å². The number of thiophene rings is 1. The molecule has 2 heterocycles. The number of fused-ring (bicyclic) bond motifs is 2. The van der Waals surface area contributed by atoms with Gasteiger partial charge in [-0.2, -0.15) is 0 Å². The van der Waals surface area contributed by atoms with Gasteiger partial charge in [-0.1, -0.05) is 77.5 Å². The molecule has 1 aromatic heterocycles. The molecule has 55 heavy (non-hydrogen) atoms. The van der Waals surface area contributed by atoms with Crippen molar-refractivity contribution in [3.8, 4) is 0 Å². The number of amides is 1. The predicted molar refractivity (Wildman–Crippen MR) is 217 cm³/mol. The zero-order valence-electron chi connectivity index (χ0n) is 33.7. The Kier molecular flexibility index (Phi) is 9.35. The van der Waals surface area contributed by atoms with Crippen LogP contribution in [0.5, 0.6) is 0 Å². The number of aliphatic hydroxyl groups excluding tert-OH is 1. The monoisotopic (exact) mass is 769 g/mol. The molecule has 7 nitrogen and oxygen atoms in total. The number of nitrogens with zero attached hydrogens (tertiary/aromatic N) is 1. The first-order chi connectivity index (χ1) is 26.2. The van der Waals surface area contributed by atoms with Gasteiger partial charge >= 0.3 is 6.09 Å². The SMILES string of the molecule is CC(C)[C@H]1CC[C@H](C)C[C@@H]1OC(=O)N(C[C@H]1CCCO1)C[C@]1(O)CC[C@H]2[C@]34C=C[C@@]5(C=C3C(=O)c3cc6ccccc6s3)CC(O)CC[C@]5(C)[C@H]4CC[C@@]21C. The van der Waals surface area contributed by atoms with Crippen LogP contribution in [0.25, 0.3) is 10.1 Å².